The maximum absolute atomic E-state index is 14.0. The Bertz CT molecular complexity index is 592. The van der Waals surface area contributed by atoms with Crippen LogP contribution in [-0.4, -0.2) is 0 Å². The minimum atomic E-state index is -0.153. The second-order valence-corrected chi connectivity index (χ2v) is 3.53. The molecular weight excluding hydrogens is 194 g/mol. The predicted molar refractivity (Wildman–Crippen MR) is 60.2 cm³/mol. The van der Waals surface area contributed by atoms with E-state index in [1.54, 1.807) is 12.1 Å². The zero-order valence-electron chi connectivity index (χ0n) is 9.00. The van der Waals surface area contributed by atoms with Gasteiger partial charge in [0.1, 0.15) is 0 Å². The topological polar surface area (TPSA) is 0 Å². The van der Waals surface area contributed by atoms with Crippen LogP contribution in [0.5, 0.6) is 0 Å². The molecule has 0 nitrogen and oxygen atoms in total. The molecule has 16 heavy (non-hydrogen) atoms. The van der Waals surface area contributed by atoms with Gasteiger partial charge in [-0.05, 0) is 0 Å². The van der Waals surface area contributed by atoms with Gasteiger partial charge >= 0.3 is 18.9 Å². The van der Waals surface area contributed by atoms with E-state index in [4.69, 9.17) is 0 Å². The van der Waals surface area contributed by atoms with Gasteiger partial charge in [0.25, 0.3) is 0 Å². The van der Waals surface area contributed by atoms with E-state index in [0.29, 0.717) is 10.8 Å². The van der Waals surface area contributed by atoms with E-state index < -0.39 is 0 Å². The molecule has 0 fully saturated rings. The summed E-state index contributed by atoms with van der Waals surface area (Å²) in [5.41, 5.74) is 0. The van der Waals surface area contributed by atoms with Gasteiger partial charge in [0, 0.05) is 0 Å². The molecule has 0 heterocycles. The minimum absolute atomic E-state index is 0. The largest absolute Gasteiger partial charge is 1.00 e. The van der Waals surface area contributed by atoms with Crippen molar-refractivity contribution in [1.82, 2.24) is 0 Å². The smallest absolute Gasteiger partial charge is 0.223 e. The number of halogens is 1. The molecular formula is C14H8FLi. The Morgan fingerprint density at radius 1 is 0.750 bits per heavy atom. The molecule has 3 aromatic rings. The van der Waals surface area contributed by atoms with Gasteiger partial charge in [-0.3, -0.25) is 0 Å². The Kier molecular flexibility index (Phi) is 3.01. The van der Waals surface area contributed by atoms with Crippen LogP contribution in [0.25, 0.3) is 21.5 Å². The van der Waals surface area contributed by atoms with Gasteiger partial charge in [-0.1, -0.05) is 47.2 Å². The Morgan fingerprint density at radius 3 is 1.69 bits per heavy atom. The standard InChI is InChI=1S/C14H8F.Li/c15-14-12-7-3-1-5-10(12)9-11-6-2-4-8-13(11)14;/h1-8H;/q-1;+1. The molecule has 0 saturated heterocycles. The van der Waals surface area contributed by atoms with Gasteiger partial charge in [-0.2, -0.15) is 0 Å². The van der Waals surface area contributed by atoms with Gasteiger partial charge in [-0.25, -0.2) is 4.39 Å². The van der Waals surface area contributed by atoms with E-state index in [2.05, 4.69) is 6.07 Å². The van der Waals surface area contributed by atoms with Crippen LogP contribution in [0.1, 0.15) is 0 Å². The second-order valence-electron chi connectivity index (χ2n) is 3.53. The van der Waals surface area contributed by atoms with E-state index in [0.717, 1.165) is 10.8 Å². The van der Waals surface area contributed by atoms with Crippen LogP contribution in [0.2, 0.25) is 0 Å². The van der Waals surface area contributed by atoms with Gasteiger partial charge in [0.05, 0.1) is 5.82 Å². The summed E-state index contributed by atoms with van der Waals surface area (Å²) in [6.45, 7) is 0. The summed E-state index contributed by atoms with van der Waals surface area (Å²) in [7, 11) is 0. The molecule has 0 saturated carbocycles. The monoisotopic (exact) mass is 202 g/mol. The van der Waals surface area contributed by atoms with Gasteiger partial charge in [0.2, 0.25) is 0 Å². The molecule has 0 aliphatic rings. The summed E-state index contributed by atoms with van der Waals surface area (Å²) in [4.78, 5) is 0. The maximum atomic E-state index is 14.0. The zero-order valence-corrected chi connectivity index (χ0v) is 9.00. The molecule has 2 heteroatoms. The number of hydrogen-bond acceptors (Lipinski definition) is 0. The number of fused-ring (bicyclic) bond motifs is 2. The Morgan fingerprint density at radius 2 is 1.19 bits per heavy atom. The first-order chi connectivity index (χ1) is 7.36. The first-order valence-corrected chi connectivity index (χ1v) is 4.84. The van der Waals surface area contributed by atoms with Gasteiger partial charge in [0.15, 0.2) is 0 Å². The van der Waals surface area contributed by atoms with Crippen LogP contribution in [0.15, 0.2) is 48.5 Å². The minimum Gasteiger partial charge on any atom is -0.223 e. The third kappa shape index (κ3) is 1.63. The summed E-state index contributed by atoms with van der Waals surface area (Å²) >= 11 is 0. The fourth-order valence-electron chi connectivity index (χ4n) is 1.86. The van der Waals surface area contributed by atoms with Crippen LogP contribution in [-0.2, 0) is 0 Å². The molecule has 0 aliphatic heterocycles. The van der Waals surface area contributed by atoms with Crippen LogP contribution in [0.4, 0.5) is 4.39 Å². The maximum Gasteiger partial charge on any atom is 1.00 e. The van der Waals surface area contributed by atoms with Crippen LogP contribution in [0.3, 0.4) is 0 Å². The third-order valence-electron chi connectivity index (χ3n) is 2.60. The van der Waals surface area contributed by atoms with Crippen LogP contribution in [0, 0.1) is 11.9 Å². The molecule has 0 N–H and O–H groups in total. The zero-order chi connectivity index (χ0) is 10.3. The van der Waals surface area contributed by atoms with E-state index in [-0.39, 0.29) is 24.7 Å². The van der Waals surface area contributed by atoms with Crippen molar-refractivity contribution in [3.05, 3.63) is 60.4 Å². The number of benzene rings is 3. The summed E-state index contributed by atoms with van der Waals surface area (Å²) in [5, 5.41) is 2.93. The quantitative estimate of drug-likeness (QED) is 0.289. The SMILES string of the molecule is Fc1c2ccccc2[c-]c2ccccc12.[Li+]. The van der Waals surface area contributed by atoms with E-state index in [9.17, 15) is 4.39 Å². The first-order valence-electron chi connectivity index (χ1n) is 4.84. The third-order valence-corrected chi connectivity index (χ3v) is 2.60. The van der Waals surface area contributed by atoms with Crippen molar-refractivity contribution >= 4 is 21.5 Å². The van der Waals surface area contributed by atoms with Crippen molar-refractivity contribution in [3.63, 3.8) is 0 Å². The average Bonchev–Trinajstić information content (AvgIpc) is 2.30. The van der Waals surface area contributed by atoms with Crippen molar-refractivity contribution in [3.8, 4) is 0 Å². The first kappa shape index (κ1) is 11.2. The Balaban J connectivity index is 0.000000963. The fraction of sp³-hybridized carbons (Fsp3) is 0. The van der Waals surface area contributed by atoms with Crippen LogP contribution >= 0.6 is 0 Å². The van der Waals surface area contributed by atoms with Crippen molar-refractivity contribution in [2.24, 2.45) is 0 Å². The number of hydrogen-bond donors (Lipinski definition) is 0. The summed E-state index contributed by atoms with van der Waals surface area (Å²) < 4.78 is 14.0. The van der Waals surface area contributed by atoms with Crippen molar-refractivity contribution < 1.29 is 23.3 Å². The van der Waals surface area contributed by atoms with E-state index >= 15 is 0 Å². The molecule has 72 valence electrons. The molecule has 0 amide bonds. The Labute approximate surface area is 105 Å². The second kappa shape index (κ2) is 4.29. The average molecular weight is 202 g/mol. The van der Waals surface area contributed by atoms with Gasteiger partial charge in [-0.15, -0.1) is 29.0 Å². The molecule has 0 atom stereocenters. The summed E-state index contributed by atoms with van der Waals surface area (Å²) in [6.07, 6.45) is 0. The molecule has 0 aromatic heterocycles. The van der Waals surface area contributed by atoms with Gasteiger partial charge < -0.3 is 0 Å². The van der Waals surface area contributed by atoms with E-state index in [1.807, 2.05) is 36.4 Å². The van der Waals surface area contributed by atoms with Crippen LogP contribution < -0.4 is 18.9 Å². The van der Waals surface area contributed by atoms with Crippen molar-refractivity contribution in [1.29, 1.82) is 0 Å². The fourth-order valence-corrected chi connectivity index (χ4v) is 1.86. The molecule has 0 radical (unpaired) electrons. The Hall–Kier alpha value is -1.29. The predicted octanol–water partition coefficient (Wildman–Crippen LogP) is 0.936. The van der Waals surface area contributed by atoms with Crippen molar-refractivity contribution in [2.75, 3.05) is 0 Å². The summed E-state index contributed by atoms with van der Waals surface area (Å²) in [6, 6.07) is 18.0. The number of rotatable bonds is 0. The molecule has 0 aliphatic carbocycles. The molecule has 3 rings (SSSR count). The molecule has 3 aromatic carbocycles. The van der Waals surface area contributed by atoms with E-state index in [1.165, 1.54) is 0 Å². The molecule has 0 unspecified atom stereocenters. The molecule has 0 spiro atoms. The summed E-state index contributed by atoms with van der Waals surface area (Å²) in [5.74, 6) is -0.153. The molecule has 0 bridgehead atoms. The normalized spacial score (nSPS) is 10.3. The van der Waals surface area contributed by atoms with Crippen molar-refractivity contribution in [2.45, 2.75) is 0 Å².